The van der Waals surface area contributed by atoms with E-state index in [0.29, 0.717) is 50.8 Å². The minimum Gasteiger partial charge on any atom is -0.486 e. The molecule has 1 saturated heterocycles. The van der Waals surface area contributed by atoms with E-state index in [2.05, 4.69) is 10.3 Å². The molecule has 28 heavy (non-hydrogen) atoms. The van der Waals surface area contributed by atoms with Gasteiger partial charge in [0.2, 0.25) is 5.91 Å². The number of amides is 2. The predicted molar refractivity (Wildman–Crippen MR) is 103 cm³/mol. The minimum atomic E-state index is -0.117. The van der Waals surface area contributed by atoms with Crippen LogP contribution in [0.5, 0.6) is 11.5 Å². The molecule has 1 N–H and O–H groups in total. The molecule has 2 aliphatic heterocycles. The van der Waals surface area contributed by atoms with E-state index in [-0.39, 0.29) is 11.8 Å². The van der Waals surface area contributed by atoms with Crippen LogP contribution in [0, 0.1) is 0 Å². The highest BCUT2D eigenvalue weighted by molar-refractivity contribution is 5.92. The second-order valence-electron chi connectivity index (χ2n) is 6.71. The van der Waals surface area contributed by atoms with E-state index >= 15 is 0 Å². The number of rotatable bonds is 3. The molecule has 0 aliphatic carbocycles. The molecule has 8 nitrogen and oxygen atoms in total. The average Bonchev–Trinajstić information content (AvgIpc) is 2.74. The summed E-state index contributed by atoms with van der Waals surface area (Å²) >= 11 is 0. The van der Waals surface area contributed by atoms with Crippen LogP contribution in [0.2, 0.25) is 0 Å². The number of anilines is 2. The van der Waals surface area contributed by atoms with Gasteiger partial charge >= 0.3 is 0 Å². The molecule has 4 rings (SSSR count). The van der Waals surface area contributed by atoms with Crippen LogP contribution in [0.25, 0.3) is 0 Å². The van der Waals surface area contributed by atoms with Gasteiger partial charge in [0.05, 0.1) is 11.9 Å². The first kappa shape index (κ1) is 18.1. The Balaban J connectivity index is 1.39. The van der Waals surface area contributed by atoms with Gasteiger partial charge in [0.1, 0.15) is 18.9 Å². The number of fused-ring (bicyclic) bond motifs is 1. The minimum absolute atomic E-state index is 0.0415. The van der Waals surface area contributed by atoms with Gasteiger partial charge < -0.3 is 24.6 Å². The average molecular weight is 382 g/mol. The molecule has 0 saturated carbocycles. The Labute approximate surface area is 163 Å². The number of piperazine rings is 1. The van der Waals surface area contributed by atoms with Crippen molar-refractivity contribution in [3.05, 3.63) is 42.2 Å². The fraction of sp³-hybridized carbons (Fsp3) is 0.350. The molecule has 3 heterocycles. The molecule has 0 unspecified atom stereocenters. The quantitative estimate of drug-likeness (QED) is 0.873. The molecule has 0 radical (unpaired) electrons. The van der Waals surface area contributed by atoms with Crippen molar-refractivity contribution in [2.24, 2.45) is 0 Å². The first-order valence-electron chi connectivity index (χ1n) is 9.28. The second-order valence-corrected chi connectivity index (χ2v) is 6.71. The Morgan fingerprint density at radius 1 is 0.929 bits per heavy atom. The van der Waals surface area contributed by atoms with Crippen LogP contribution >= 0.6 is 0 Å². The van der Waals surface area contributed by atoms with Gasteiger partial charge in [0, 0.05) is 44.9 Å². The van der Waals surface area contributed by atoms with Crippen LogP contribution < -0.4 is 14.8 Å². The van der Waals surface area contributed by atoms with Gasteiger partial charge in [-0.3, -0.25) is 9.59 Å². The zero-order chi connectivity index (χ0) is 19.5. The van der Waals surface area contributed by atoms with Crippen molar-refractivity contribution in [2.45, 2.75) is 6.92 Å². The van der Waals surface area contributed by atoms with Crippen molar-refractivity contribution < 1.29 is 19.1 Å². The van der Waals surface area contributed by atoms with E-state index in [0.717, 1.165) is 17.1 Å². The van der Waals surface area contributed by atoms with Gasteiger partial charge in [-0.15, -0.1) is 0 Å². The molecule has 2 aliphatic rings. The highest BCUT2D eigenvalue weighted by atomic mass is 16.6. The Morgan fingerprint density at radius 2 is 1.61 bits per heavy atom. The summed E-state index contributed by atoms with van der Waals surface area (Å²) < 4.78 is 11.1. The van der Waals surface area contributed by atoms with Gasteiger partial charge in [-0.2, -0.15) is 0 Å². The topological polar surface area (TPSA) is 84.0 Å². The van der Waals surface area contributed by atoms with Crippen LogP contribution in [-0.2, 0) is 4.79 Å². The number of benzene rings is 1. The maximum Gasteiger partial charge on any atom is 0.272 e. The molecule has 0 atom stereocenters. The lowest BCUT2D eigenvalue weighted by Gasteiger charge is -2.34. The number of nitrogens with zero attached hydrogens (tertiary/aromatic N) is 3. The van der Waals surface area contributed by atoms with Crippen LogP contribution in [-0.4, -0.2) is 66.0 Å². The van der Waals surface area contributed by atoms with Crippen LogP contribution in [0.1, 0.15) is 17.4 Å². The predicted octanol–water partition coefficient (Wildman–Crippen LogP) is 1.90. The standard InChI is InChI=1S/C20H22N4O4/c1-14(25)23-6-8-24(9-7-23)20(26)17-4-2-16(13-21-17)22-15-3-5-18-19(12-15)28-11-10-27-18/h2-5,12-13,22H,6-11H2,1H3. The summed E-state index contributed by atoms with van der Waals surface area (Å²) in [4.78, 5) is 31.8. The molecule has 1 aromatic carbocycles. The molecule has 2 amide bonds. The summed E-state index contributed by atoms with van der Waals surface area (Å²) in [5.41, 5.74) is 2.02. The monoisotopic (exact) mass is 382 g/mol. The SMILES string of the molecule is CC(=O)N1CCN(C(=O)c2ccc(Nc3ccc4c(c3)OCCO4)cn2)CC1. The van der Waals surface area contributed by atoms with Crippen molar-refractivity contribution in [1.82, 2.24) is 14.8 Å². The molecule has 1 fully saturated rings. The largest absolute Gasteiger partial charge is 0.486 e. The first-order valence-corrected chi connectivity index (χ1v) is 9.28. The van der Waals surface area contributed by atoms with E-state index in [1.54, 1.807) is 29.0 Å². The number of carbonyl (C=O) groups excluding carboxylic acids is 2. The Bertz CT molecular complexity index is 876. The first-order chi connectivity index (χ1) is 13.6. The third-order valence-electron chi connectivity index (χ3n) is 4.83. The highest BCUT2D eigenvalue weighted by Crippen LogP contribution is 2.33. The molecule has 2 aromatic rings. The van der Waals surface area contributed by atoms with E-state index in [1.165, 1.54) is 0 Å². The lowest BCUT2D eigenvalue weighted by molar-refractivity contribution is -0.130. The third-order valence-corrected chi connectivity index (χ3v) is 4.83. The zero-order valence-electron chi connectivity index (χ0n) is 15.7. The van der Waals surface area contributed by atoms with Crippen molar-refractivity contribution >= 4 is 23.2 Å². The number of carbonyl (C=O) groups is 2. The van der Waals surface area contributed by atoms with E-state index < -0.39 is 0 Å². The summed E-state index contributed by atoms with van der Waals surface area (Å²) in [6.07, 6.45) is 1.63. The van der Waals surface area contributed by atoms with Gasteiger partial charge in [0.15, 0.2) is 11.5 Å². The van der Waals surface area contributed by atoms with Crippen molar-refractivity contribution in [2.75, 3.05) is 44.7 Å². The van der Waals surface area contributed by atoms with Crippen molar-refractivity contribution in [1.29, 1.82) is 0 Å². The van der Waals surface area contributed by atoms with Crippen LogP contribution in [0.15, 0.2) is 36.5 Å². The number of pyridine rings is 1. The molecule has 146 valence electrons. The van der Waals surface area contributed by atoms with Crippen LogP contribution in [0.4, 0.5) is 11.4 Å². The van der Waals surface area contributed by atoms with Crippen LogP contribution in [0.3, 0.4) is 0 Å². The van der Waals surface area contributed by atoms with E-state index in [1.807, 2.05) is 24.3 Å². The zero-order valence-corrected chi connectivity index (χ0v) is 15.7. The number of hydrogen-bond donors (Lipinski definition) is 1. The molecule has 8 heteroatoms. The smallest absolute Gasteiger partial charge is 0.272 e. The number of aromatic nitrogens is 1. The van der Waals surface area contributed by atoms with Gasteiger partial charge in [-0.25, -0.2) is 4.98 Å². The molecule has 0 spiro atoms. The summed E-state index contributed by atoms with van der Waals surface area (Å²) in [6.45, 7) is 4.81. The fourth-order valence-electron chi connectivity index (χ4n) is 3.27. The fourth-order valence-corrected chi connectivity index (χ4v) is 3.27. The number of nitrogens with one attached hydrogen (secondary N) is 1. The Hall–Kier alpha value is -3.29. The molecule has 1 aromatic heterocycles. The summed E-state index contributed by atoms with van der Waals surface area (Å²) in [5, 5.41) is 3.25. The third kappa shape index (κ3) is 3.85. The number of hydrogen-bond acceptors (Lipinski definition) is 6. The van der Waals surface area contributed by atoms with Crippen molar-refractivity contribution in [3.8, 4) is 11.5 Å². The highest BCUT2D eigenvalue weighted by Gasteiger charge is 2.23. The second kappa shape index (κ2) is 7.75. The molecular weight excluding hydrogens is 360 g/mol. The van der Waals surface area contributed by atoms with Gasteiger partial charge in [-0.1, -0.05) is 0 Å². The Morgan fingerprint density at radius 3 is 2.29 bits per heavy atom. The lowest BCUT2D eigenvalue weighted by Crippen LogP contribution is -2.50. The van der Waals surface area contributed by atoms with Crippen molar-refractivity contribution in [3.63, 3.8) is 0 Å². The van der Waals surface area contributed by atoms with E-state index in [4.69, 9.17) is 9.47 Å². The maximum absolute atomic E-state index is 12.6. The van der Waals surface area contributed by atoms with Gasteiger partial charge in [0.25, 0.3) is 5.91 Å². The Kier molecular flexibility index (Phi) is 5.01. The molecular formula is C20H22N4O4. The maximum atomic E-state index is 12.6. The summed E-state index contributed by atoms with van der Waals surface area (Å²) in [6, 6.07) is 9.18. The number of ether oxygens (including phenoxy) is 2. The normalized spacial score (nSPS) is 15.9. The summed E-state index contributed by atoms with van der Waals surface area (Å²) in [7, 11) is 0. The lowest BCUT2D eigenvalue weighted by atomic mass is 10.2. The van der Waals surface area contributed by atoms with Gasteiger partial charge in [-0.05, 0) is 24.3 Å². The van der Waals surface area contributed by atoms with E-state index in [9.17, 15) is 9.59 Å². The summed E-state index contributed by atoms with van der Waals surface area (Å²) in [5.74, 6) is 1.37. The molecule has 0 bridgehead atoms.